The Hall–Kier alpha value is -1.16. The summed E-state index contributed by atoms with van der Waals surface area (Å²) in [5.74, 6) is 0.453. The van der Waals surface area contributed by atoms with Gasteiger partial charge in [-0.05, 0) is 18.8 Å². The lowest BCUT2D eigenvalue weighted by Crippen LogP contribution is -2.33. The van der Waals surface area contributed by atoms with E-state index in [-0.39, 0.29) is 11.9 Å². The van der Waals surface area contributed by atoms with Gasteiger partial charge in [-0.1, -0.05) is 19.3 Å². The first-order valence-corrected chi connectivity index (χ1v) is 6.28. The summed E-state index contributed by atoms with van der Waals surface area (Å²) in [6, 6.07) is 0. The van der Waals surface area contributed by atoms with E-state index in [0.717, 1.165) is 12.8 Å². The molecule has 0 N–H and O–H groups in total. The van der Waals surface area contributed by atoms with Crippen LogP contribution in [0.5, 0.6) is 0 Å². The van der Waals surface area contributed by atoms with E-state index in [4.69, 9.17) is 4.74 Å². The molecule has 2 rings (SSSR count). The minimum absolute atomic E-state index is 0.0764. The van der Waals surface area contributed by atoms with Crippen LogP contribution in [0.4, 0.5) is 0 Å². The Morgan fingerprint density at radius 2 is 2.18 bits per heavy atom. The van der Waals surface area contributed by atoms with Crippen LogP contribution in [-0.4, -0.2) is 28.8 Å². The second-order valence-electron chi connectivity index (χ2n) is 4.82. The molecule has 0 bridgehead atoms. The number of hydrogen-bond donors (Lipinski definition) is 0. The summed E-state index contributed by atoms with van der Waals surface area (Å²) >= 11 is 0. The number of carbonyl (C=O) groups excluding carboxylic acids is 1. The van der Waals surface area contributed by atoms with Gasteiger partial charge in [0.25, 0.3) is 0 Å². The number of Topliss-reactive ketones (excluding diaryl/α,β-unsaturated/α-hetero) is 1. The molecule has 1 aromatic rings. The topological polar surface area (TPSA) is 44.1 Å². The Kier molecular flexibility index (Phi) is 3.94. The van der Waals surface area contributed by atoms with Crippen molar-refractivity contribution in [1.29, 1.82) is 0 Å². The van der Waals surface area contributed by atoms with Crippen molar-refractivity contribution in [2.24, 2.45) is 13.0 Å². The molecular weight excluding hydrogens is 216 g/mol. The molecule has 17 heavy (non-hydrogen) atoms. The first-order valence-electron chi connectivity index (χ1n) is 6.28. The summed E-state index contributed by atoms with van der Waals surface area (Å²) in [6.07, 6.45) is 9.01. The highest BCUT2D eigenvalue weighted by atomic mass is 16.5. The quantitative estimate of drug-likeness (QED) is 0.753. The predicted octanol–water partition coefficient (Wildman–Crippen LogP) is 2.20. The third-order valence-electron chi connectivity index (χ3n) is 3.58. The van der Waals surface area contributed by atoms with Gasteiger partial charge in [-0.25, -0.2) is 0 Å². The van der Waals surface area contributed by atoms with Crippen molar-refractivity contribution in [2.45, 2.75) is 38.2 Å². The third kappa shape index (κ3) is 2.75. The van der Waals surface area contributed by atoms with Gasteiger partial charge in [0.05, 0.1) is 11.8 Å². The molecular formula is C13H20N2O2. The first kappa shape index (κ1) is 12.3. The number of carbonyl (C=O) groups is 1. The van der Waals surface area contributed by atoms with Crippen molar-refractivity contribution in [3.05, 3.63) is 18.0 Å². The average molecular weight is 236 g/mol. The van der Waals surface area contributed by atoms with Gasteiger partial charge in [-0.2, -0.15) is 5.10 Å². The van der Waals surface area contributed by atoms with E-state index in [1.807, 2.05) is 7.05 Å². The molecule has 1 heterocycles. The summed E-state index contributed by atoms with van der Waals surface area (Å²) < 4.78 is 7.08. The number of rotatable bonds is 4. The Morgan fingerprint density at radius 1 is 1.47 bits per heavy atom. The van der Waals surface area contributed by atoms with E-state index in [1.165, 1.54) is 19.3 Å². The Labute approximate surface area is 102 Å². The normalized spacial score (nSPS) is 19.2. The summed E-state index contributed by atoms with van der Waals surface area (Å²) in [5.41, 5.74) is 0.657. The van der Waals surface area contributed by atoms with Gasteiger partial charge in [0, 0.05) is 20.4 Å². The van der Waals surface area contributed by atoms with Gasteiger partial charge in [-0.3, -0.25) is 9.48 Å². The highest BCUT2D eigenvalue weighted by Crippen LogP contribution is 2.29. The summed E-state index contributed by atoms with van der Waals surface area (Å²) in [5, 5.41) is 4.04. The molecule has 0 aliphatic heterocycles. The van der Waals surface area contributed by atoms with E-state index < -0.39 is 0 Å². The molecule has 0 spiro atoms. The number of ether oxygens (including phenoxy) is 1. The molecule has 4 heteroatoms. The number of methoxy groups -OCH3 is 1. The second kappa shape index (κ2) is 5.45. The van der Waals surface area contributed by atoms with Crippen LogP contribution in [0, 0.1) is 5.92 Å². The highest BCUT2D eigenvalue weighted by Gasteiger charge is 2.30. The van der Waals surface area contributed by atoms with Crippen molar-refractivity contribution >= 4 is 5.78 Å². The van der Waals surface area contributed by atoms with Crippen LogP contribution in [0.3, 0.4) is 0 Å². The Bertz CT molecular complexity index is 381. The molecule has 1 atom stereocenters. The van der Waals surface area contributed by atoms with Gasteiger partial charge < -0.3 is 4.74 Å². The maximum Gasteiger partial charge on any atom is 0.194 e. The molecule has 1 aliphatic rings. The summed E-state index contributed by atoms with van der Waals surface area (Å²) in [4.78, 5) is 12.3. The van der Waals surface area contributed by atoms with Crippen LogP contribution in [0.2, 0.25) is 0 Å². The fourth-order valence-corrected chi connectivity index (χ4v) is 2.66. The molecule has 0 amide bonds. The minimum Gasteiger partial charge on any atom is -0.373 e. The third-order valence-corrected chi connectivity index (χ3v) is 3.58. The van der Waals surface area contributed by atoms with Crippen molar-refractivity contribution in [2.75, 3.05) is 7.11 Å². The zero-order valence-electron chi connectivity index (χ0n) is 10.6. The van der Waals surface area contributed by atoms with E-state index in [9.17, 15) is 4.79 Å². The molecule has 0 radical (unpaired) electrons. The second-order valence-corrected chi connectivity index (χ2v) is 4.82. The number of ketones is 1. The zero-order valence-corrected chi connectivity index (χ0v) is 10.6. The van der Waals surface area contributed by atoms with Crippen LogP contribution >= 0.6 is 0 Å². The number of aromatic nitrogens is 2. The van der Waals surface area contributed by atoms with E-state index in [0.29, 0.717) is 11.5 Å². The SMILES string of the molecule is COC(C(=O)c1cnn(C)c1)C1CCCCC1. The first-order chi connectivity index (χ1) is 8.22. The summed E-state index contributed by atoms with van der Waals surface area (Å²) in [6.45, 7) is 0. The maximum absolute atomic E-state index is 12.3. The van der Waals surface area contributed by atoms with Gasteiger partial charge in [0.2, 0.25) is 0 Å². The Balaban J connectivity index is 2.09. The average Bonchev–Trinajstić information content (AvgIpc) is 2.78. The van der Waals surface area contributed by atoms with E-state index in [1.54, 1.807) is 24.2 Å². The minimum atomic E-state index is -0.292. The van der Waals surface area contributed by atoms with Gasteiger partial charge >= 0.3 is 0 Å². The molecule has 0 saturated heterocycles. The number of nitrogens with zero attached hydrogens (tertiary/aromatic N) is 2. The summed E-state index contributed by atoms with van der Waals surface area (Å²) in [7, 11) is 3.45. The molecule has 1 aliphatic carbocycles. The van der Waals surface area contributed by atoms with E-state index >= 15 is 0 Å². The largest absolute Gasteiger partial charge is 0.373 e. The molecule has 1 aromatic heterocycles. The van der Waals surface area contributed by atoms with Gasteiger partial charge in [0.1, 0.15) is 6.10 Å². The number of aryl methyl sites for hydroxylation is 1. The lowest BCUT2D eigenvalue weighted by molar-refractivity contribution is 0.0314. The fraction of sp³-hybridized carbons (Fsp3) is 0.692. The van der Waals surface area contributed by atoms with Crippen LogP contribution in [-0.2, 0) is 11.8 Å². The molecule has 94 valence electrons. The van der Waals surface area contributed by atoms with Crippen molar-refractivity contribution in [1.82, 2.24) is 9.78 Å². The number of hydrogen-bond acceptors (Lipinski definition) is 3. The smallest absolute Gasteiger partial charge is 0.194 e. The van der Waals surface area contributed by atoms with Gasteiger partial charge in [-0.15, -0.1) is 0 Å². The lowest BCUT2D eigenvalue weighted by Gasteiger charge is -2.27. The molecule has 1 unspecified atom stereocenters. The lowest BCUT2D eigenvalue weighted by atomic mass is 9.83. The van der Waals surface area contributed by atoms with Crippen molar-refractivity contribution in [3.8, 4) is 0 Å². The van der Waals surface area contributed by atoms with Crippen LogP contribution in [0.15, 0.2) is 12.4 Å². The molecule has 1 fully saturated rings. The van der Waals surface area contributed by atoms with Crippen molar-refractivity contribution in [3.63, 3.8) is 0 Å². The maximum atomic E-state index is 12.3. The van der Waals surface area contributed by atoms with E-state index in [2.05, 4.69) is 5.10 Å². The Morgan fingerprint density at radius 3 is 2.71 bits per heavy atom. The van der Waals surface area contributed by atoms with Crippen molar-refractivity contribution < 1.29 is 9.53 Å². The van der Waals surface area contributed by atoms with Crippen LogP contribution in [0.25, 0.3) is 0 Å². The fourth-order valence-electron chi connectivity index (χ4n) is 2.66. The predicted molar refractivity (Wildman–Crippen MR) is 64.9 cm³/mol. The highest BCUT2D eigenvalue weighted by molar-refractivity contribution is 5.99. The van der Waals surface area contributed by atoms with Crippen LogP contribution in [0.1, 0.15) is 42.5 Å². The zero-order chi connectivity index (χ0) is 12.3. The van der Waals surface area contributed by atoms with Crippen LogP contribution < -0.4 is 0 Å². The monoisotopic (exact) mass is 236 g/mol. The molecule has 4 nitrogen and oxygen atoms in total. The molecule has 1 saturated carbocycles. The standard InChI is InChI=1S/C13H20N2O2/c1-15-9-11(8-14-15)12(16)13(17-2)10-6-4-3-5-7-10/h8-10,13H,3-7H2,1-2H3. The molecule has 0 aromatic carbocycles. The van der Waals surface area contributed by atoms with Gasteiger partial charge in [0.15, 0.2) is 5.78 Å².